The predicted molar refractivity (Wildman–Crippen MR) is 77.1 cm³/mol. The summed E-state index contributed by atoms with van der Waals surface area (Å²) in [7, 11) is 0. The van der Waals surface area contributed by atoms with E-state index in [0.29, 0.717) is 12.3 Å². The summed E-state index contributed by atoms with van der Waals surface area (Å²) in [6.07, 6.45) is 5.34. The molecule has 1 aliphatic carbocycles. The summed E-state index contributed by atoms with van der Waals surface area (Å²) < 4.78 is 10.6. The Bertz CT molecular complexity index is 467. The Morgan fingerprint density at radius 1 is 1.15 bits per heavy atom. The lowest BCUT2D eigenvalue weighted by atomic mass is 9.83. The van der Waals surface area contributed by atoms with Gasteiger partial charge in [0.05, 0.1) is 0 Å². The molecule has 4 heteroatoms. The van der Waals surface area contributed by atoms with Crippen LogP contribution in [0.4, 0.5) is 0 Å². The second kappa shape index (κ2) is 5.92. The van der Waals surface area contributed by atoms with E-state index in [4.69, 9.17) is 9.47 Å². The number of phenolic OH excluding ortho intramolecular Hbond substituents is 1. The number of aromatic hydroxyl groups is 1. The maximum absolute atomic E-state index is 9.97. The third-order valence-corrected chi connectivity index (χ3v) is 4.46. The SMILES string of the molecule is CC1CCC(CNCc2cc3c(cc2O)OCO3)CC1. The Balaban J connectivity index is 1.51. The van der Waals surface area contributed by atoms with Gasteiger partial charge in [0.15, 0.2) is 11.5 Å². The van der Waals surface area contributed by atoms with E-state index in [1.165, 1.54) is 25.7 Å². The van der Waals surface area contributed by atoms with Crippen LogP contribution >= 0.6 is 0 Å². The van der Waals surface area contributed by atoms with Crippen molar-refractivity contribution in [1.82, 2.24) is 5.32 Å². The molecule has 0 radical (unpaired) electrons. The van der Waals surface area contributed by atoms with Gasteiger partial charge in [0.25, 0.3) is 0 Å². The monoisotopic (exact) mass is 277 g/mol. The standard InChI is InChI=1S/C16H23NO3/c1-11-2-4-12(5-3-11)8-17-9-13-6-15-16(7-14(13)18)20-10-19-15/h6-7,11-12,17-18H,2-5,8-10H2,1H3. The smallest absolute Gasteiger partial charge is 0.231 e. The van der Waals surface area contributed by atoms with E-state index < -0.39 is 0 Å². The second-order valence-electron chi connectivity index (χ2n) is 6.09. The molecular formula is C16H23NO3. The lowest BCUT2D eigenvalue weighted by Crippen LogP contribution is -2.25. The van der Waals surface area contributed by atoms with Crippen LogP contribution in [0.2, 0.25) is 0 Å². The van der Waals surface area contributed by atoms with Gasteiger partial charge in [-0.1, -0.05) is 19.8 Å². The van der Waals surface area contributed by atoms with E-state index in [1.54, 1.807) is 6.07 Å². The largest absolute Gasteiger partial charge is 0.507 e. The fraction of sp³-hybridized carbons (Fsp3) is 0.625. The first-order valence-corrected chi connectivity index (χ1v) is 7.54. The number of benzene rings is 1. The molecule has 0 saturated heterocycles. The molecule has 1 aromatic carbocycles. The molecule has 0 atom stereocenters. The van der Waals surface area contributed by atoms with Gasteiger partial charge in [-0.3, -0.25) is 0 Å². The Kier molecular flexibility index (Phi) is 4.01. The van der Waals surface area contributed by atoms with Crippen LogP contribution in [0, 0.1) is 11.8 Å². The topological polar surface area (TPSA) is 50.7 Å². The number of hydrogen-bond donors (Lipinski definition) is 2. The van der Waals surface area contributed by atoms with Crippen molar-refractivity contribution in [3.63, 3.8) is 0 Å². The third-order valence-electron chi connectivity index (χ3n) is 4.46. The summed E-state index contributed by atoms with van der Waals surface area (Å²) in [6.45, 7) is 4.29. The minimum absolute atomic E-state index is 0.242. The van der Waals surface area contributed by atoms with Crippen molar-refractivity contribution >= 4 is 0 Å². The summed E-state index contributed by atoms with van der Waals surface area (Å²) in [6, 6.07) is 3.51. The molecule has 3 rings (SSSR count). The molecule has 20 heavy (non-hydrogen) atoms. The average Bonchev–Trinajstić information content (AvgIpc) is 2.88. The molecular weight excluding hydrogens is 254 g/mol. The molecule has 1 fully saturated rings. The van der Waals surface area contributed by atoms with Crippen LogP contribution in [0.1, 0.15) is 38.2 Å². The maximum Gasteiger partial charge on any atom is 0.231 e. The molecule has 1 aromatic rings. The van der Waals surface area contributed by atoms with E-state index in [1.807, 2.05) is 6.07 Å². The van der Waals surface area contributed by atoms with E-state index in [9.17, 15) is 5.11 Å². The third kappa shape index (κ3) is 3.01. The van der Waals surface area contributed by atoms with Gasteiger partial charge in [0.2, 0.25) is 6.79 Å². The summed E-state index contributed by atoms with van der Waals surface area (Å²) >= 11 is 0. The lowest BCUT2D eigenvalue weighted by molar-refractivity contribution is 0.174. The summed E-state index contributed by atoms with van der Waals surface area (Å²) in [4.78, 5) is 0. The number of phenols is 1. The van der Waals surface area contributed by atoms with Crippen molar-refractivity contribution < 1.29 is 14.6 Å². The van der Waals surface area contributed by atoms with E-state index >= 15 is 0 Å². The molecule has 4 nitrogen and oxygen atoms in total. The number of rotatable bonds is 4. The minimum Gasteiger partial charge on any atom is -0.507 e. The molecule has 0 spiro atoms. The van der Waals surface area contributed by atoms with Crippen LogP contribution in [0.25, 0.3) is 0 Å². The van der Waals surface area contributed by atoms with Gasteiger partial charge in [-0.25, -0.2) is 0 Å². The summed E-state index contributed by atoms with van der Waals surface area (Å²) in [5.41, 5.74) is 0.874. The fourth-order valence-electron chi connectivity index (χ4n) is 3.06. The van der Waals surface area contributed by atoms with Gasteiger partial charge in [-0.15, -0.1) is 0 Å². The number of nitrogens with one attached hydrogen (secondary N) is 1. The van der Waals surface area contributed by atoms with Crippen molar-refractivity contribution in [1.29, 1.82) is 0 Å². The molecule has 0 bridgehead atoms. The summed E-state index contributed by atoms with van der Waals surface area (Å²) in [5.74, 6) is 3.31. The van der Waals surface area contributed by atoms with Gasteiger partial charge >= 0.3 is 0 Å². The molecule has 1 aliphatic heterocycles. The van der Waals surface area contributed by atoms with Gasteiger partial charge in [0.1, 0.15) is 5.75 Å². The quantitative estimate of drug-likeness (QED) is 0.888. The summed E-state index contributed by atoms with van der Waals surface area (Å²) in [5, 5.41) is 13.4. The van der Waals surface area contributed by atoms with Crippen molar-refractivity contribution in [3.8, 4) is 17.2 Å². The highest BCUT2D eigenvalue weighted by molar-refractivity contribution is 5.51. The van der Waals surface area contributed by atoms with Gasteiger partial charge in [-0.2, -0.15) is 0 Å². The van der Waals surface area contributed by atoms with E-state index in [-0.39, 0.29) is 12.5 Å². The highest BCUT2D eigenvalue weighted by Crippen LogP contribution is 2.37. The predicted octanol–water partition coefficient (Wildman–Crippen LogP) is 3.04. The zero-order valence-electron chi connectivity index (χ0n) is 12.0. The molecule has 1 heterocycles. The molecule has 1 saturated carbocycles. The molecule has 0 amide bonds. The van der Waals surface area contributed by atoms with Crippen molar-refractivity contribution in [3.05, 3.63) is 17.7 Å². The molecule has 0 aromatic heterocycles. The maximum atomic E-state index is 9.97. The Morgan fingerprint density at radius 3 is 2.60 bits per heavy atom. The highest BCUT2D eigenvalue weighted by Gasteiger charge is 2.19. The van der Waals surface area contributed by atoms with Crippen LogP contribution in [-0.4, -0.2) is 18.4 Å². The Morgan fingerprint density at radius 2 is 1.85 bits per heavy atom. The molecule has 0 unspecified atom stereocenters. The van der Waals surface area contributed by atoms with Crippen LogP contribution < -0.4 is 14.8 Å². The first kappa shape index (κ1) is 13.6. The van der Waals surface area contributed by atoms with Crippen molar-refractivity contribution in [2.75, 3.05) is 13.3 Å². The first-order chi connectivity index (χ1) is 9.72. The van der Waals surface area contributed by atoms with E-state index in [0.717, 1.165) is 29.7 Å². The van der Waals surface area contributed by atoms with Crippen molar-refractivity contribution in [2.45, 2.75) is 39.2 Å². The zero-order valence-corrected chi connectivity index (χ0v) is 12.0. The highest BCUT2D eigenvalue weighted by atomic mass is 16.7. The molecule has 2 aliphatic rings. The lowest BCUT2D eigenvalue weighted by Gasteiger charge is -2.26. The second-order valence-corrected chi connectivity index (χ2v) is 6.09. The number of ether oxygens (including phenoxy) is 2. The normalized spacial score (nSPS) is 24.9. The zero-order chi connectivity index (χ0) is 13.9. The molecule has 2 N–H and O–H groups in total. The Labute approximate surface area is 120 Å². The van der Waals surface area contributed by atoms with Crippen LogP contribution in [0.15, 0.2) is 12.1 Å². The van der Waals surface area contributed by atoms with Gasteiger partial charge in [0, 0.05) is 18.2 Å². The Hall–Kier alpha value is -1.42. The van der Waals surface area contributed by atoms with Crippen LogP contribution in [-0.2, 0) is 6.54 Å². The van der Waals surface area contributed by atoms with Crippen LogP contribution in [0.5, 0.6) is 17.2 Å². The number of fused-ring (bicyclic) bond motifs is 1. The van der Waals surface area contributed by atoms with Gasteiger partial charge < -0.3 is 19.9 Å². The first-order valence-electron chi connectivity index (χ1n) is 7.54. The van der Waals surface area contributed by atoms with Crippen LogP contribution in [0.3, 0.4) is 0 Å². The molecule has 110 valence electrons. The minimum atomic E-state index is 0.242. The van der Waals surface area contributed by atoms with Crippen molar-refractivity contribution in [2.24, 2.45) is 11.8 Å². The average molecular weight is 277 g/mol. The fourth-order valence-corrected chi connectivity index (χ4v) is 3.06. The van der Waals surface area contributed by atoms with E-state index in [2.05, 4.69) is 12.2 Å². The number of hydrogen-bond acceptors (Lipinski definition) is 4. The van der Waals surface area contributed by atoms with Gasteiger partial charge in [-0.05, 0) is 37.3 Å².